The van der Waals surface area contributed by atoms with Gasteiger partial charge in [0.1, 0.15) is 23.3 Å². The summed E-state index contributed by atoms with van der Waals surface area (Å²) in [6.07, 6.45) is 7.46. The number of benzene rings is 5. The van der Waals surface area contributed by atoms with E-state index >= 15 is 0 Å². The van der Waals surface area contributed by atoms with Crippen LogP contribution in [0.1, 0.15) is 25.0 Å². The molecule has 1 aliphatic heterocycles. The molecule has 1 aliphatic rings. The van der Waals surface area contributed by atoms with Gasteiger partial charge >= 0.3 is 0 Å². The molecule has 10 aromatic rings. The van der Waals surface area contributed by atoms with Gasteiger partial charge in [-0.2, -0.15) is 0 Å². The summed E-state index contributed by atoms with van der Waals surface area (Å²) in [5.41, 5.74) is 7.68. The first-order valence-corrected chi connectivity index (χ1v) is 18.9. The molecule has 0 amide bonds. The molecule has 0 bridgehead atoms. The van der Waals surface area contributed by atoms with Gasteiger partial charge in [0.15, 0.2) is 0 Å². The van der Waals surface area contributed by atoms with Crippen LogP contribution in [-0.2, 0) is 5.41 Å². The zero-order valence-corrected chi connectivity index (χ0v) is 30.9. The van der Waals surface area contributed by atoms with Crippen LogP contribution in [0.15, 0.2) is 176 Å². The summed E-state index contributed by atoms with van der Waals surface area (Å²) in [6, 6.07) is 53.3. The Balaban J connectivity index is 1.24. The molecule has 0 N–H and O–H groups in total. The molecule has 0 saturated heterocycles. The van der Waals surface area contributed by atoms with Crippen molar-refractivity contribution < 1.29 is 0 Å². The van der Waals surface area contributed by atoms with E-state index in [1.165, 1.54) is 22.3 Å². The van der Waals surface area contributed by atoms with Gasteiger partial charge in [-0.1, -0.05) is 92.7 Å². The minimum absolute atomic E-state index is 0.313. The molecule has 5 aromatic carbocycles. The smallest absolute Gasteiger partial charge is 0.146 e. The van der Waals surface area contributed by atoms with E-state index in [4.69, 9.17) is 19.9 Å². The summed E-state index contributed by atoms with van der Waals surface area (Å²) >= 11 is 0. The van der Waals surface area contributed by atoms with Crippen LogP contribution in [0.4, 0.5) is 34.6 Å². The van der Waals surface area contributed by atoms with E-state index in [0.29, 0.717) is 0 Å². The van der Waals surface area contributed by atoms with E-state index in [1.807, 2.05) is 55.1 Å². The van der Waals surface area contributed by atoms with E-state index in [1.54, 1.807) is 0 Å². The van der Waals surface area contributed by atoms with Crippen molar-refractivity contribution in [2.24, 2.45) is 0 Å². The summed E-state index contributed by atoms with van der Waals surface area (Å²) in [4.78, 5) is 24.2. The second-order valence-electron chi connectivity index (χ2n) is 14.8. The van der Waals surface area contributed by atoms with Crippen molar-refractivity contribution in [3.63, 3.8) is 0 Å². The summed E-state index contributed by atoms with van der Waals surface area (Å²) in [6.45, 7) is 4.68. The fourth-order valence-electron chi connectivity index (χ4n) is 8.72. The molecule has 11 rings (SSSR count). The molecule has 56 heavy (non-hydrogen) atoms. The lowest BCUT2D eigenvalue weighted by atomic mass is 9.74. The molecule has 5 aromatic heterocycles. The average Bonchev–Trinajstić information content (AvgIpc) is 3.58. The number of nitrogens with zero attached hydrogens (tertiary/aromatic N) is 7. The zero-order valence-electron chi connectivity index (χ0n) is 30.9. The number of hydrogen-bond acceptors (Lipinski definition) is 6. The zero-order chi connectivity index (χ0) is 37.4. The van der Waals surface area contributed by atoms with Gasteiger partial charge in [-0.25, -0.2) is 19.9 Å². The fourth-order valence-corrected chi connectivity index (χ4v) is 8.72. The second-order valence-corrected chi connectivity index (χ2v) is 14.8. The maximum atomic E-state index is 5.04. The Morgan fingerprint density at radius 1 is 0.446 bits per heavy atom. The van der Waals surface area contributed by atoms with E-state index in [-0.39, 0.29) is 5.41 Å². The largest absolute Gasteiger partial charge is 0.309 e. The van der Waals surface area contributed by atoms with Crippen molar-refractivity contribution in [1.29, 1.82) is 0 Å². The van der Waals surface area contributed by atoms with Crippen LogP contribution < -0.4 is 9.80 Å². The predicted molar refractivity (Wildman–Crippen MR) is 228 cm³/mol. The predicted octanol–water partition coefficient (Wildman–Crippen LogP) is 12.2. The molecule has 0 atom stereocenters. The van der Waals surface area contributed by atoms with Gasteiger partial charge in [0.05, 0.1) is 22.4 Å². The highest BCUT2D eigenvalue weighted by molar-refractivity contribution is 6.14. The molecule has 0 spiro atoms. The van der Waals surface area contributed by atoms with Gasteiger partial charge in [-0.05, 0) is 94.7 Å². The van der Waals surface area contributed by atoms with Gasteiger partial charge in [0, 0.05) is 57.4 Å². The van der Waals surface area contributed by atoms with Crippen LogP contribution in [0.2, 0.25) is 0 Å². The second kappa shape index (κ2) is 12.3. The monoisotopic (exact) mass is 721 g/mol. The third-order valence-electron chi connectivity index (χ3n) is 11.3. The first-order chi connectivity index (χ1) is 27.6. The standard InChI is InChI=1S/C49H35N7/c1-49(2)40-17-7-8-18-43(40)56-42-22-21-34(54(44-19-9-11-25-50-44)47-36-15-5-3-13-32(36)23-27-52-47)29-38(42)39-30-35(31-41(49)46(39)56)55(45-20-10-12-26-51-45)48-37-16-6-4-14-33(37)24-28-53-48/h3-31H,1-2H3. The number of pyridine rings is 4. The molecule has 0 saturated carbocycles. The molecule has 0 radical (unpaired) electrons. The SMILES string of the molecule is CC1(C)c2ccccc2-n2c3ccc(N(c4ccccn4)c4nccc5ccccc45)cc3c3cc(N(c4ccccn4)c4nccc5ccccc45)cc1c32. The molecule has 0 unspecified atom stereocenters. The molecule has 0 aliphatic carbocycles. The van der Waals surface area contributed by atoms with Gasteiger partial charge in [0.25, 0.3) is 0 Å². The lowest BCUT2D eigenvalue weighted by molar-refractivity contribution is 0.630. The number of rotatable bonds is 6. The van der Waals surface area contributed by atoms with E-state index in [9.17, 15) is 0 Å². The highest BCUT2D eigenvalue weighted by Gasteiger charge is 2.36. The van der Waals surface area contributed by atoms with Crippen molar-refractivity contribution in [1.82, 2.24) is 24.5 Å². The molecular weight excluding hydrogens is 687 g/mol. The van der Waals surface area contributed by atoms with Crippen LogP contribution in [-0.4, -0.2) is 24.5 Å². The van der Waals surface area contributed by atoms with Crippen LogP contribution in [0, 0.1) is 0 Å². The number of aromatic nitrogens is 5. The molecule has 7 nitrogen and oxygen atoms in total. The lowest BCUT2D eigenvalue weighted by Crippen LogP contribution is -2.26. The molecule has 6 heterocycles. The third-order valence-corrected chi connectivity index (χ3v) is 11.3. The fraction of sp³-hybridized carbons (Fsp3) is 0.0612. The molecule has 7 heteroatoms. The Morgan fingerprint density at radius 2 is 1.02 bits per heavy atom. The third kappa shape index (κ3) is 4.77. The van der Waals surface area contributed by atoms with Crippen molar-refractivity contribution in [2.75, 3.05) is 9.80 Å². The number of fused-ring (bicyclic) bond motifs is 7. The van der Waals surface area contributed by atoms with E-state index < -0.39 is 0 Å². The molecule has 266 valence electrons. The Labute approximate surface area is 323 Å². The van der Waals surface area contributed by atoms with E-state index in [0.717, 1.165) is 72.5 Å². The molecular formula is C49H35N7. The van der Waals surface area contributed by atoms with Crippen LogP contribution in [0.5, 0.6) is 0 Å². The van der Waals surface area contributed by atoms with Gasteiger partial charge in [0.2, 0.25) is 0 Å². The quantitative estimate of drug-likeness (QED) is 0.170. The van der Waals surface area contributed by atoms with Gasteiger partial charge in [-0.15, -0.1) is 0 Å². The van der Waals surface area contributed by atoms with E-state index in [2.05, 4.69) is 150 Å². The first-order valence-electron chi connectivity index (χ1n) is 18.9. The van der Waals surface area contributed by atoms with Crippen LogP contribution in [0.25, 0.3) is 49.0 Å². The normalized spacial score (nSPS) is 13.0. The topological polar surface area (TPSA) is 63.0 Å². The first kappa shape index (κ1) is 32.1. The Morgan fingerprint density at radius 3 is 1.66 bits per heavy atom. The van der Waals surface area contributed by atoms with Crippen LogP contribution >= 0.6 is 0 Å². The Kier molecular flexibility index (Phi) is 7.06. The summed E-state index contributed by atoms with van der Waals surface area (Å²) in [7, 11) is 0. The van der Waals surface area contributed by atoms with Crippen molar-refractivity contribution in [2.45, 2.75) is 19.3 Å². The van der Waals surface area contributed by atoms with Crippen molar-refractivity contribution >= 4 is 78.0 Å². The Hall–Kier alpha value is -7.38. The maximum absolute atomic E-state index is 5.04. The number of para-hydroxylation sites is 1. The maximum Gasteiger partial charge on any atom is 0.146 e. The van der Waals surface area contributed by atoms with Crippen molar-refractivity contribution in [3.05, 3.63) is 188 Å². The van der Waals surface area contributed by atoms with Gasteiger partial charge < -0.3 is 4.57 Å². The minimum atomic E-state index is -0.313. The highest BCUT2D eigenvalue weighted by atomic mass is 15.2. The molecule has 0 fully saturated rings. The van der Waals surface area contributed by atoms with Crippen LogP contribution in [0.3, 0.4) is 0 Å². The summed E-state index contributed by atoms with van der Waals surface area (Å²) in [5, 5.41) is 6.61. The average molecular weight is 722 g/mol. The lowest BCUT2D eigenvalue weighted by Gasteiger charge is -2.36. The number of anilines is 6. The summed E-state index contributed by atoms with van der Waals surface area (Å²) in [5.74, 6) is 3.24. The summed E-state index contributed by atoms with van der Waals surface area (Å²) < 4.78 is 2.46. The number of hydrogen-bond donors (Lipinski definition) is 0. The van der Waals surface area contributed by atoms with Gasteiger partial charge in [-0.3, -0.25) is 9.80 Å². The Bertz CT molecular complexity index is 3120. The highest BCUT2D eigenvalue weighted by Crippen LogP contribution is 2.51. The van der Waals surface area contributed by atoms with Crippen molar-refractivity contribution in [3.8, 4) is 5.69 Å². The minimum Gasteiger partial charge on any atom is -0.309 e.